The fourth-order valence-electron chi connectivity index (χ4n) is 3.87. The Bertz CT molecular complexity index is 913. The van der Waals surface area contributed by atoms with Crippen LogP contribution >= 0.6 is 0 Å². The zero-order valence-corrected chi connectivity index (χ0v) is 14.3. The molecular formula is C20H19N3O3. The van der Waals surface area contributed by atoms with Crippen LogP contribution in [0.25, 0.3) is 11.7 Å². The molecule has 1 saturated carbocycles. The van der Waals surface area contributed by atoms with E-state index in [2.05, 4.69) is 22.3 Å². The van der Waals surface area contributed by atoms with Crippen molar-refractivity contribution in [3.63, 3.8) is 0 Å². The van der Waals surface area contributed by atoms with Gasteiger partial charge in [0, 0.05) is 19.0 Å². The van der Waals surface area contributed by atoms with Crippen molar-refractivity contribution in [2.45, 2.75) is 30.6 Å². The van der Waals surface area contributed by atoms with Crippen LogP contribution in [-0.2, 0) is 10.2 Å². The van der Waals surface area contributed by atoms with E-state index in [0.29, 0.717) is 24.0 Å². The highest BCUT2D eigenvalue weighted by atomic mass is 16.5. The first-order valence-electron chi connectivity index (χ1n) is 8.99. The molecule has 0 radical (unpaired) electrons. The minimum atomic E-state index is -0.313. The SMILES string of the molecule is O=C(N1CC[C@H](c2noc(-c3ccco3)n2)C1)C1(c2ccccc2)CC1. The summed E-state index contributed by atoms with van der Waals surface area (Å²) in [6.07, 6.45) is 4.30. The number of hydrogen-bond acceptors (Lipinski definition) is 5. The summed E-state index contributed by atoms with van der Waals surface area (Å²) in [6.45, 7) is 1.38. The minimum absolute atomic E-state index is 0.109. The molecule has 6 nitrogen and oxygen atoms in total. The maximum Gasteiger partial charge on any atom is 0.293 e. The molecule has 6 heteroatoms. The van der Waals surface area contributed by atoms with Gasteiger partial charge in [-0.3, -0.25) is 4.79 Å². The molecule has 26 heavy (non-hydrogen) atoms. The Morgan fingerprint density at radius 3 is 2.73 bits per heavy atom. The Kier molecular flexibility index (Phi) is 3.45. The molecule has 132 valence electrons. The summed E-state index contributed by atoms with van der Waals surface area (Å²) in [4.78, 5) is 19.6. The molecule has 0 unspecified atom stereocenters. The van der Waals surface area contributed by atoms with Crippen LogP contribution in [-0.4, -0.2) is 34.0 Å². The van der Waals surface area contributed by atoms with Crippen LogP contribution in [0, 0.1) is 0 Å². The first-order chi connectivity index (χ1) is 12.8. The molecule has 1 amide bonds. The lowest BCUT2D eigenvalue weighted by Gasteiger charge is -2.23. The van der Waals surface area contributed by atoms with Crippen LogP contribution in [0.5, 0.6) is 0 Å². The molecule has 2 fully saturated rings. The summed E-state index contributed by atoms with van der Waals surface area (Å²) in [5.41, 5.74) is 0.820. The first-order valence-corrected chi connectivity index (χ1v) is 8.99. The second-order valence-corrected chi connectivity index (χ2v) is 7.12. The molecule has 0 spiro atoms. The fraction of sp³-hybridized carbons (Fsp3) is 0.350. The molecule has 5 rings (SSSR count). The van der Waals surface area contributed by atoms with E-state index in [1.165, 1.54) is 0 Å². The number of carbonyl (C=O) groups is 1. The molecule has 1 atom stereocenters. The maximum absolute atomic E-state index is 13.1. The molecule has 3 aromatic rings. The van der Waals surface area contributed by atoms with E-state index in [0.717, 1.165) is 31.4 Å². The van der Waals surface area contributed by atoms with Crippen molar-refractivity contribution in [2.75, 3.05) is 13.1 Å². The zero-order valence-electron chi connectivity index (χ0n) is 14.3. The largest absolute Gasteiger partial charge is 0.459 e. The fourth-order valence-corrected chi connectivity index (χ4v) is 3.87. The average Bonchev–Trinajstić information content (AvgIpc) is 3.12. The van der Waals surface area contributed by atoms with Crippen LogP contribution in [0.2, 0.25) is 0 Å². The van der Waals surface area contributed by atoms with Gasteiger partial charge in [-0.1, -0.05) is 35.5 Å². The molecule has 1 aliphatic carbocycles. The van der Waals surface area contributed by atoms with E-state index in [1.54, 1.807) is 18.4 Å². The highest BCUT2D eigenvalue weighted by molar-refractivity contribution is 5.91. The van der Waals surface area contributed by atoms with Gasteiger partial charge in [0.05, 0.1) is 11.7 Å². The number of hydrogen-bond donors (Lipinski definition) is 0. The number of benzene rings is 1. The number of furan rings is 1. The molecule has 2 aliphatic rings. The lowest BCUT2D eigenvalue weighted by Crippen LogP contribution is -2.37. The average molecular weight is 349 g/mol. The summed E-state index contributed by atoms with van der Waals surface area (Å²) in [5, 5.41) is 4.10. The Hall–Kier alpha value is -2.89. The molecule has 0 N–H and O–H groups in total. The standard InChI is InChI=1S/C20H19N3O3/c24-19(20(9-10-20)15-5-2-1-3-6-15)23-11-8-14(13-23)17-21-18(26-22-17)16-7-4-12-25-16/h1-7,12,14H,8-11,13H2/t14-/m0/s1. The van der Waals surface area contributed by atoms with Crippen molar-refractivity contribution in [3.05, 3.63) is 60.1 Å². The van der Waals surface area contributed by atoms with Gasteiger partial charge in [0.2, 0.25) is 5.91 Å². The van der Waals surface area contributed by atoms with Crippen LogP contribution in [0.15, 0.2) is 57.7 Å². The van der Waals surface area contributed by atoms with Crippen molar-refractivity contribution in [1.29, 1.82) is 0 Å². The van der Waals surface area contributed by atoms with E-state index in [4.69, 9.17) is 8.94 Å². The predicted molar refractivity (Wildman–Crippen MR) is 93.3 cm³/mol. The first kappa shape index (κ1) is 15.4. The van der Waals surface area contributed by atoms with Gasteiger partial charge in [0.1, 0.15) is 0 Å². The third-order valence-corrected chi connectivity index (χ3v) is 5.50. The van der Waals surface area contributed by atoms with Crippen LogP contribution < -0.4 is 0 Å². The van der Waals surface area contributed by atoms with E-state index in [-0.39, 0.29) is 17.2 Å². The van der Waals surface area contributed by atoms with Gasteiger partial charge >= 0.3 is 0 Å². The van der Waals surface area contributed by atoms with Gasteiger partial charge < -0.3 is 13.8 Å². The summed E-state index contributed by atoms with van der Waals surface area (Å²) in [5.74, 6) is 1.95. The van der Waals surface area contributed by atoms with E-state index < -0.39 is 0 Å². The molecule has 1 saturated heterocycles. The van der Waals surface area contributed by atoms with E-state index >= 15 is 0 Å². The highest BCUT2D eigenvalue weighted by Crippen LogP contribution is 2.50. The van der Waals surface area contributed by atoms with Gasteiger partial charge in [-0.15, -0.1) is 0 Å². The summed E-state index contributed by atoms with van der Waals surface area (Å²) in [7, 11) is 0. The van der Waals surface area contributed by atoms with Crippen molar-refractivity contribution < 1.29 is 13.7 Å². The van der Waals surface area contributed by atoms with Crippen LogP contribution in [0.4, 0.5) is 0 Å². The lowest BCUT2D eigenvalue weighted by atomic mass is 9.94. The molecule has 3 heterocycles. The third-order valence-electron chi connectivity index (χ3n) is 5.50. The molecule has 2 aromatic heterocycles. The Labute approximate surface area is 150 Å². The monoisotopic (exact) mass is 349 g/mol. The topological polar surface area (TPSA) is 72.4 Å². The Morgan fingerprint density at radius 1 is 1.15 bits per heavy atom. The van der Waals surface area contributed by atoms with Gasteiger partial charge in [-0.25, -0.2) is 0 Å². The van der Waals surface area contributed by atoms with Crippen molar-refractivity contribution in [2.24, 2.45) is 0 Å². The summed E-state index contributed by atoms with van der Waals surface area (Å²) in [6, 6.07) is 13.7. The maximum atomic E-state index is 13.1. The number of aromatic nitrogens is 2. The quantitative estimate of drug-likeness (QED) is 0.722. The van der Waals surface area contributed by atoms with Crippen molar-refractivity contribution in [1.82, 2.24) is 15.0 Å². The second-order valence-electron chi connectivity index (χ2n) is 7.12. The van der Waals surface area contributed by atoms with Gasteiger partial charge in [-0.2, -0.15) is 4.98 Å². The molecule has 1 aliphatic heterocycles. The number of amides is 1. The number of likely N-dealkylation sites (tertiary alicyclic amines) is 1. The normalized spacial score (nSPS) is 21.1. The van der Waals surface area contributed by atoms with Gasteiger partial charge in [0.25, 0.3) is 5.89 Å². The van der Waals surface area contributed by atoms with Crippen molar-refractivity contribution >= 4 is 5.91 Å². The second kappa shape index (κ2) is 5.83. The summed E-state index contributed by atoms with van der Waals surface area (Å²) < 4.78 is 10.6. The van der Waals surface area contributed by atoms with Gasteiger partial charge in [0.15, 0.2) is 11.6 Å². The van der Waals surface area contributed by atoms with E-state index in [9.17, 15) is 4.79 Å². The summed E-state index contributed by atoms with van der Waals surface area (Å²) >= 11 is 0. The Morgan fingerprint density at radius 2 is 2.00 bits per heavy atom. The molecule has 0 bridgehead atoms. The Balaban J connectivity index is 1.31. The van der Waals surface area contributed by atoms with E-state index in [1.807, 2.05) is 23.1 Å². The molecular weight excluding hydrogens is 330 g/mol. The molecule has 1 aromatic carbocycles. The number of rotatable bonds is 4. The van der Waals surface area contributed by atoms with Crippen molar-refractivity contribution in [3.8, 4) is 11.7 Å². The predicted octanol–water partition coefficient (Wildman–Crippen LogP) is 3.38. The smallest absolute Gasteiger partial charge is 0.293 e. The zero-order chi connectivity index (χ0) is 17.6. The van der Waals surface area contributed by atoms with Crippen LogP contribution in [0.1, 0.15) is 36.6 Å². The third kappa shape index (κ3) is 2.44. The van der Waals surface area contributed by atoms with Gasteiger partial charge in [-0.05, 0) is 37.0 Å². The number of nitrogens with zero attached hydrogens (tertiary/aromatic N) is 3. The highest BCUT2D eigenvalue weighted by Gasteiger charge is 2.53. The number of carbonyl (C=O) groups excluding carboxylic acids is 1. The van der Waals surface area contributed by atoms with Crippen LogP contribution in [0.3, 0.4) is 0 Å². The lowest BCUT2D eigenvalue weighted by molar-refractivity contribution is -0.132. The minimum Gasteiger partial charge on any atom is -0.459 e.